The molecule has 1 saturated carbocycles. The van der Waals surface area contributed by atoms with E-state index in [0.29, 0.717) is 5.92 Å². The Balaban J connectivity index is 2.08. The minimum atomic E-state index is -4.24. The van der Waals surface area contributed by atoms with E-state index < -0.39 is 12.8 Å². The van der Waals surface area contributed by atoms with Crippen LogP contribution in [0.15, 0.2) is 0 Å². The van der Waals surface area contributed by atoms with Crippen LogP contribution in [0.3, 0.4) is 0 Å². The Bertz CT molecular complexity index is 164. The van der Waals surface area contributed by atoms with Crippen molar-refractivity contribution in [2.75, 3.05) is 6.61 Å². The Morgan fingerprint density at radius 3 is 2.29 bits per heavy atom. The van der Waals surface area contributed by atoms with Crippen LogP contribution in [0.4, 0.5) is 13.2 Å². The number of hydrogen-bond acceptors (Lipinski definition) is 2. The van der Waals surface area contributed by atoms with Crippen LogP contribution in [0.2, 0.25) is 0 Å². The van der Waals surface area contributed by atoms with Crippen molar-refractivity contribution < 1.29 is 18.0 Å². The number of hydroxylamine groups is 1. The van der Waals surface area contributed by atoms with Gasteiger partial charge in [0, 0.05) is 6.04 Å². The van der Waals surface area contributed by atoms with E-state index in [1.165, 1.54) is 0 Å². The summed E-state index contributed by atoms with van der Waals surface area (Å²) in [4.78, 5) is 4.40. The minimum absolute atomic E-state index is 0.0912. The van der Waals surface area contributed by atoms with Crippen molar-refractivity contribution in [1.29, 1.82) is 0 Å². The lowest BCUT2D eigenvalue weighted by Gasteiger charge is -2.26. The molecule has 0 aromatic heterocycles. The van der Waals surface area contributed by atoms with Gasteiger partial charge in [-0.05, 0) is 31.6 Å². The van der Waals surface area contributed by atoms with Crippen LogP contribution in [0, 0.1) is 5.92 Å². The largest absolute Gasteiger partial charge is 0.413 e. The van der Waals surface area contributed by atoms with Gasteiger partial charge in [0.05, 0.1) is 0 Å². The lowest BCUT2D eigenvalue weighted by Crippen LogP contribution is -2.35. The molecular formula is C9H16F3NO. The van der Waals surface area contributed by atoms with Gasteiger partial charge in [-0.2, -0.15) is 18.7 Å². The Hall–Kier alpha value is -0.290. The van der Waals surface area contributed by atoms with Gasteiger partial charge in [-0.3, -0.25) is 4.84 Å². The fourth-order valence-corrected chi connectivity index (χ4v) is 1.62. The molecule has 1 aliphatic rings. The van der Waals surface area contributed by atoms with Gasteiger partial charge < -0.3 is 0 Å². The second-order valence-electron chi connectivity index (χ2n) is 3.98. The zero-order valence-corrected chi connectivity index (χ0v) is 8.23. The normalized spacial score (nSPS) is 29.1. The van der Waals surface area contributed by atoms with Crippen molar-refractivity contribution >= 4 is 0 Å². The van der Waals surface area contributed by atoms with E-state index in [2.05, 4.69) is 17.2 Å². The van der Waals surface area contributed by atoms with Crippen LogP contribution in [0.5, 0.6) is 0 Å². The highest BCUT2D eigenvalue weighted by atomic mass is 19.4. The van der Waals surface area contributed by atoms with Crippen molar-refractivity contribution in [1.82, 2.24) is 5.48 Å². The molecular weight excluding hydrogens is 195 g/mol. The third kappa shape index (κ3) is 4.81. The summed E-state index contributed by atoms with van der Waals surface area (Å²) in [6, 6.07) is 0.0912. The van der Waals surface area contributed by atoms with Crippen molar-refractivity contribution in [3.05, 3.63) is 0 Å². The molecule has 84 valence electrons. The fraction of sp³-hybridized carbons (Fsp3) is 1.00. The molecule has 14 heavy (non-hydrogen) atoms. The molecule has 0 aliphatic heterocycles. The molecule has 0 saturated heterocycles. The average Bonchev–Trinajstić information content (AvgIpc) is 2.06. The predicted molar refractivity (Wildman–Crippen MR) is 46.6 cm³/mol. The van der Waals surface area contributed by atoms with Gasteiger partial charge in [-0.25, -0.2) is 0 Å². The maximum atomic E-state index is 11.7. The second kappa shape index (κ2) is 4.98. The molecule has 2 nitrogen and oxygen atoms in total. The molecule has 0 aromatic carbocycles. The van der Waals surface area contributed by atoms with Gasteiger partial charge in [0.2, 0.25) is 0 Å². The summed E-state index contributed by atoms with van der Waals surface area (Å²) in [6.07, 6.45) is -0.312. The first-order valence-electron chi connectivity index (χ1n) is 4.91. The van der Waals surface area contributed by atoms with Crippen molar-refractivity contribution in [3.63, 3.8) is 0 Å². The fourth-order valence-electron chi connectivity index (χ4n) is 1.62. The summed E-state index contributed by atoms with van der Waals surface area (Å²) < 4.78 is 35.1. The number of halogens is 3. The molecule has 0 unspecified atom stereocenters. The molecule has 0 atom stereocenters. The Morgan fingerprint density at radius 1 is 1.21 bits per heavy atom. The number of nitrogens with one attached hydrogen (secondary N) is 1. The monoisotopic (exact) mass is 211 g/mol. The van der Waals surface area contributed by atoms with Crippen LogP contribution in [-0.2, 0) is 4.84 Å². The summed E-state index contributed by atoms with van der Waals surface area (Å²) in [6.45, 7) is 0.950. The first-order valence-corrected chi connectivity index (χ1v) is 4.91. The summed E-state index contributed by atoms with van der Waals surface area (Å²) >= 11 is 0. The average molecular weight is 211 g/mol. The molecule has 0 spiro atoms. The van der Waals surface area contributed by atoms with Crippen molar-refractivity contribution in [2.24, 2.45) is 5.92 Å². The molecule has 1 aliphatic carbocycles. The van der Waals surface area contributed by atoms with Crippen LogP contribution in [0.25, 0.3) is 0 Å². The molecule has 1 rings (SSSR count). The summed E-state index contributed by atoms with van der Waals surface area (Å²) in [5.41, 5.74) is 2.48. The van der Waals surface area contributed by atoms with Crippen LogP contribution >= 0.6 is 0 Å². The van der Waals surface area contributed by atoms with E-state index in [1.807, 2.05) is 0 Å². The zero-order chi connectivity index (χ0) is 10.6. The maximum Gasteiger partial charge on any atom is 0.413 e. The number of hydrogen-bond donors (Lipinski definition) is 1. The Morgan fingerprint density at radius 2 is 1.79 bits per heavy atom. The molecule has 0 aromatic rings. The standard InChI is InChI=1S/C9H16F3NO/c1-7-2-4-8(5-3-7)13-14-6-9(10,11)12/h7-8,13H,2-6H2,1H3. The quantitative estimate of drug-likeness (QED) is 0.724. The first kappa shape index (κ1) is 11.8. The molecule has 1 N–H and O–H groups in total. The zero-order valence-electron chi connectivity index (χ0n) is 8.23. The van der Waals surface area contributed by atoms with Crippen molar-refractivity contribution in [3.8, 4) is 0 Å². The number of alkyl halides is 3. The van der Waals surface area contributed by atoms with E-state index in [1.54, 1.807) is 0 Å². The van der Waals surface area contributed by atoms with E-state index >= 15 is 0 Å². The molecule has 0 amide bonds. The summed E-state index contributed by atoms with van der Waals surface area (Å²) in [7, 11) is 0. The molecule has 1 fully saturated rings. The molecule has 0 heterocycles. The lowest BCUT2D eigenvalue weighted by atomic mass is 9.88. The van der Waals surface area contributed by atoms with Gasteiger partial charge in [-0.15, -0.1) is 0 Å². The Kier molecular flexibility index (Phi) is 4.19. The van der Waals surface area contributed by atoms with E-state index in [9.17, 15) is 13.2 Å². The highest BCUT2D eigenvalue weighted by Gasteiger charge is 2.28. The third-order valence-electron chi connectivity index (χ3n) is 2.50. The molecule has 0 radical (unpaired) electrons. The van der Waals surface area contributed by atoms with Crippen LogP contribution in [0.1, 0.15) is 32.6 Å². The topological polar surface area (TPSA) is 21.3 Å². The van der Waals surface area contributed by atoms with E-state index in [4.69, 9.17) is 0 Å². The SMILES string of the molecule is CC1CCC(NOCC(F)(F)F)CC1. The summed E-state index contributed by atoms with van der Waals surface area (Å²) in [5.74, 6) is 0.690. The smallest absolute Gasteiger partial charge is 0.292 e. The highest BCUT2D eigenvalue weighted by Crippen LogP contribution is 2.23. The van der Waals surface area contributed by atoms with Crippen molar-refractivity contribution in [2.45, 2.75) is 44.8 Å². The third-order valence-corrected chi connectivity index (χ3v) is 2.50. The maximum absolute atomic E-state index is 11.7. The van der Waals surface area contributed by atoms with E-state index in [0.717, 1.165) is 25.7 Å². The minimum Gasteiger partial charge on any atom is -0.292 e. The lowest BCUT2D eigenvalue weighted by molar-refractivity contribution is -0.193. The van der Waals surface area contributed by atoms with Gasteiger partial charge in [0.1, 0.15) is 0 Å². The van der Waals surface area contributed by atoms with Gasteiger partial charge in [-0.1, -0.05) is 6.92 Å². The Labute approximate surface area is 81.8 Å². The molecule has 0 bridgehead atoms. The highest BCUT2D eigenvalue weighted by molar-refractivity contribution is 4.72. The van der Waals surface area contributed by atoms with E-state index in [-0.39, 0.29) is 6.04 Å². The number of rotatable bonds is 3. The predicted octanol–water partition coefficient (Wildman–Crippen LogP) is 2.65. The molecule has 5 heteroatoms. The van der Waals surface area contributed by atoms with Gasteiger partial charge in [0.25, 0.3) is 0 Å². The van der Waals surface area contributed by atoms with Gasteiger partial charge in [0.15, 0.2) is 6.61 Å². The van der Waals surface area contributed by atoms with Crippen LogP contribution < -0.4 is 5.48 Å². The second-order valence-corrected chi connectivity index (χ2v) is 3.98. The van der Waals surface area contributed by atoms with Gasteiger partial charge >= 0.3 is 6.18 Å². The summed E-state index contributed by atoms with van der Waals surface area (Å²) in [5, 5.41) is 0. The van der Waals surface area contributed by atoms with Crippen LogP contribution in [-0.4, -0.2) is 18.8 Å². The first-order chi connectivity index (χ1) is 6.47.